The lowest BCUT2D eigenvalue weighted by Gasteiger charge is -2.59. The van der Waals surface area contributed by atoms with Crippen LogP contribution in [0.4, 0.5) is 0 Å². The summed E-state index contributed by atoms with van der Waals surface area (Å²) in [4.78, 5) is 41.8. The van der Waals surface area contributed by atoms with Crippen molar-refractivity contribution >= 4 is 25.9 Å². The monoisotopic (exact) mass is 554 g/mol. The first-order valence-electron chi connectivity index (χ1n) is 14.3. The van der Waals surface area contributed by atoms with E-state index in [4.69, 9.17) is 9.16 Å². The maximum atomic E-state index is 14.5. The van der Waals surface area contributed by atoms with Crippen molar-refractivity contribution in [2.45, 2.75) is 104 Å². The molecule has 3 fully saturated rings. The number of fused-ring (bicyclic) bond motifs is 3. The Bertz CT molecular complexity index is 1150. The Labute approximate surface area is 234 Å². The fourth-order valence-electron chi connectivity index (χ4n) is 7.23. The van der Waals surface area contributed by atoms with Crippen molar-refractivity contribution in [1.29, 1.82) is 0 Å². The number of aliphatic hydroxyl groups excluding tert-OH is 1. The summed E-state index contributed by atoms with van der Waals surface area (Å²) < 4.78 is 13.3. The minimum absolute atomic E-state index is 0.00579. The second kappa shape index (κ2) is 10.1. The third-order valence-corrected chi connectivity index (χ3v) is 15.1. The van der Waals surface area contributed by atoms with Gasteiger partial charge in [0.25, 0.3) is 0 Å². The van der Waals surface area contributed by atoms with Gasteiger partial charge in [-0.3, -0.25) is 9.59 Å². The fraction of sp³-hybridized carbons (Fsp3) is 0.656. The molecular formula is C32H46O6Si. The third-order valence-electron chi connectivity index (χ3n) is 10.6. The molecule has 1 aromatic carbocycles. The normalized spacial score (nSPS) is 35.1. The van der Waals surface area contributed by atoms with Gasteiger partial charge in [-0.1, -0.05) is 65.0 Å². The molecule has 7 atom stereocenters. The second-order valence-electron chi connectivity index (χ2n) is 14.3. The highest BCUT2D eigenvalue weighted by Gasteiger charge is 2.66. The van der Waals surface area contributed by atoms with Gasteiger partial charge in [-0.05, 0) is 67.8 Å². The summed E-state index contributed by atoms with van der Waals surface area (Å²) >= 11 is 0. The zero-order chi connectivity index (χ0) is 29.1. The van der Waals surface area contributed by atoms with Crippen LogP contribution in [-0.2, 0) is 18.8 Å². The number of benzene rings is 1. The molecule has 6 nitrogen and oxygen atoms in total. The van der Waals surface area contributed by atoms with Crippen molar-refractivity contribution in [3.8, 4) is 0 Å². The molecule has 3 saturated carbocycles. The molecule has 1 aromatic rings. The first-order chi connectivity index (χ1) is 17.9. The molecule has 3 aliphatic rings. The van der Waals surface area contributed by atoms with Crippen LogP contribution in [0.1, 0.15) is 77.6 Å². The van der Waals surface area contributed by atoms with Crippen molar-refractivity contribution in [1.82, 2.24) is 0 Å². The van der Waals surface area contributed by atoms with Gasteiger partial charge in [-0.25, -0.2) is 4.79 Å². The molecule has 1 unspecified atom stereocenters. The lowest BCUT2D eigenvalue weighted by molar-refractivity contribution is -0.184. The highest BCUT2D eigenvalue weighted by Crippen LogP contribution is 2.59. The Kier molecular flexibility index (Phi) is 7.72. The summed E-state index contributed by atoms with van der Waals surface area (Å²) in [5.41, 5.74) is -0.815. The summed E-state index contributed by atoms with van der Waals surface area (Å²) in [6.45, 7) is 20.9. The Balaban J connectivity index is 1.91. The number of rotatable bonds is 4. The molecular weight excluding hydrogens is 508 g/mol. The number of ether oxygens (including phenoxy) is 1. The highest BCUT2D eigenvalue weighted by molar-refractivity contribution is 6.74. The van der Waals surface area contributed by atoms with E-state index < -0.39 is 61.2 Å². The molecule has 0 radical (unpaired) electrons. The van der Waals surface area contributed by atoms with Crippen LogP contribution in [0.5, 0.6) is 0 Å². The van der Waals surface area contributed by atoms with Crippen molar-refractivity contribution < 1.29 is 28.7 Å². The van der Waals surface area contributed by atoms with Crippen LogP contribution in [0.3, 0.4) is 0 Å². The number of carbonyl (C=O) groups is 3. The van der Waals surface area contributed by atoms with Crippen LogP contribution in [0.15, 0.2) is 42.5 Å². The van der Waals surface area contributed by atoms with E-state index in [-0.39, 0.29) is 23.0 Å². The highest BCUT2D eigenvalue weighted by atomic mass is 28.4. The van der Waals surface area contributed by atoms with Gasteiger partial charge in [0.15, 0.2) is 14.1 Å². The molecule has 0 aromatic heterocycles. The predicted octanol–water partition coefficient (Wildman–Crippen LogP) is 6.14. The quantitative estimate of drug-likeness (QED) is 0.273. The maximum absolute atomic E-state index is 14.5. The summed E-state index contributed by atoms with van der Waals surface area (Å²) in [5, 5.41) is 11.6. The van der Waals surface area contributed by atoms with E-state index in [2.05, 4.69) is 40.4 Å². The van der Waals surface area contributed by atoms with Gasteiger partial charge in [0.1, 0.15) is 18.0 Å². The molecule has 3 aliphatic carbocycles. The van der Waals surface area contributed by atoms with Gasteiger partial charge in [0, 0.05) is 12.3 Å². The molecule has 0 saturated heterocycles. The van der Waals surface area contributed by atoms with E-state index in [0.717, 1.165) is 5.57 Å². The molecule has 214 valence electrons. The van der Waals surface area contributed by atoms with Crippen LogP contribution in [0.25, 0.3) is 0 Å². The summed E-state index contributed by atoms with van der Waals surface area (Å²) in [6, 6.07) is 8.75. The summed E-state index contributed by atoms with van der Waals surface area (Å²) in [7, 11) is -2.33. The molecule has 4 rings (SSSR count). The number of esters is 1. The SMILES string of the molecule is C=C1CC[C@H](O[Si](C)(C)C(C)(C)C)[C@@]2(C)C(=O)[C@H](O)C3CCC(=O)[C@@H]([C@@H](OC(=O)c4ccccc4)[C@H]12)C3(C)C. The Morgan fingerprint density at radius 3 is 2.23 bits per heavy atom. The lowest BCUT2D eigenvalue weighted by Crippen LogP contribution is -2.67. The van der Waals surface area contributed by atoms with Crippen molar-refractivity contribution in [3.05, 3.63) is 48.0 Å². The lowest BCUT2D eigenvalue weighted by atomic mass is 9.48. The van der Waals surface area contributed by atoms with E-state index in [1.54, 1.807) is 24.3 Å². The number of aliphatic hydroxyl groups is 1. The largest absolute Gasteiger partial charge is 0.457 e. The van der Waals surface area contributed by atoms with Crippen molar-refractivity contribution in [3.63, 3.8) is 0 Å². The van der Waals surface area contributed by atoms with Gasteiger partial charge < -0.3 is 14.3 Å². The van der Waals surface area contributed by atoms with Crippen molar-refractivity contribution in [2.75, 3.05) is 0 Å². The standard InChI is InChI=1S/C32H46O6Si/c1-19-15-18-23(38-39(8,9)30(2,3)4)32(7)24(19)27(37-29(36)20-13-11-10-12-14-20)25-22(33)17-16-21(31(25,5)6)26(34)28(32)35/h10-14,21,23-27,34H,1,15-18H2,2-9H3/t21?,23-,24-,25-,26+,27-,32+/m0/s1. The third kappa shape index (κ3) is 4.89. The van der Waals surface area contributed by atoms with E-state index in [0.29, 0.717) is 24.8 Å². The van der Waals surface area contributed by atoms with E-state index >= 15 is 0 Å². The first-order valence-corrected chi connectivity index (χ1v) is 17.2. The minimum atomic E-state index is -2.33. The molecule has 1 N–H and O–H groups in total. The molecule has 7 heteroatoms. The Hall–Kier alpha value is -2.09. The molecule has 0 aliphatic heterocycles. The first kappa shape index (κ1) is 29.9. The number of hydrogen-bond acceptors (Lipinski definition) is 6. The molecule has 0 spiro atoms. The Morgan fingerprint density at radius 1 is 1.03 bits per heavy atom. The minimum Gasteiger partial charge on any atom is -0.457 e. The van der Waals surface area contributed by atoms with Gasteiger partial charge in [-0.2, -0.15) is 0 Å². The number of hydrogen-bond donors (Lipinski definition) is 1. The number of ketones is 2. The average Bonchev–Trinajstić information content (AvgIpc) is 2.83. The van der Waals surface area contributed by atoms with Gasteiger partial charge in [0.05, 0.1) is 23.0 Å². The van der Waals surface area contributed by atoms with Crippen LogP contribution in [-0.4, -0.2) is 49.3 Å². The average molecular weight is 555 g/mol. The van der Waals surface area contributed by atoms with E-state index in [9.17, 15) is 19.5 Å². The van der Waals surface area contributed by atoms with E-state index in [1.165, 1.54) is 0 Å². The number of carbonyl (C=O) groups excluding carboxylic acids is 3. The summed E-state index contributed by atoms with van der Waals surface area (Å²) in [6.07, 6.45) is -0.804. The smallest absolute Gasteiger partial charge is 0.338 e. The molecule has 0 amide bonds. The topological polar surface area (TPSA) is 89.9 Å². The van der Waals surface area contributed by atoms with Crippen LogP contribution < -0.4 is 0 Å². The van der Waals surface area contributed by atoms with Crippen LogP contribution in [0.2, 0.25) is 18.1 Å². The summed E-state index contributed by atoms with van der Waals surface area (Å²) in [5.74, 6) is -2.59. The van der Waals surface area contributed by atoms with Gasteiger partial charge >= 0.3 is 5.97 Å². The zero-order valence-electron chi connectivity index (χ0n) is 24.9. The molecule has 39 heavy (non-hydrogen) atoms. The molecule has 2 bridgehead atoms. The maximum Gasteiger partial charge on any atom is 0.338 e. The van der Waals surface area contributed by atoms with Gasteiger partial charge in [0.2, 0.25) is 0 Å². The van der Waals surface area contributed by atoms with Crippen molar-refractivity contribution in [2.24, 2.45) is 28.6 Å². The fourth-order valence-corrected chi connectivity index (χ4v) is 8.66. The second-order valence-corrected chi connectivity index (χ2v) is 19.0. The number of Topliss-reactive ketones (excluding diaryl/α,β-unsaturated/α-hetero) is 2. The van der Waals surface area contributed by atoms with Gasteiger partial charge in [-0.15, -0.1) is 0 Å². The predicted molar refractivity (Wildman–Crippen MR) is 154 cm³/mol. The van der Waals surface area contributed by atoms with Crippen LogP contribution in [0, 0.1) is 28.6 Å². The van der Waals surface area contributed by atoms with E-state index in [1.807, 2.05) is 26.8 Å². The molecule has 0 heterocycles. The Morgan fingerprint density at radius 2 is 1.64 bits per heavy atom. The van der Waals surface area contributed by atoms with Crippen LogP contribution >= 0.6 is 0 Å². The zero-order valence-corrected chi connectivity index (χ0v) is 25.9.